The van der Waals surface area contributed by atoms with E-state index in [1.807, 2.05) is 0 Å². The second kappa shape index (κ2) is 5.99. The lowest BCUT2D eigenvalue weighted by Crippen LogP contribution is -2.45. The van der Waals surface area contributed by atoms with Crippen molar-refractivity contribution in [2.24, 2.45) is 0 Å². The topological polar surface area (TPSA) is 84.3 Å². The molecule has 0 radical (unpaired) electrons. The fourth-order valence-electron chi connectivity index (χ4n) is 2.09. The number of carbonyl (C=O) groups is 1. The van der Waals surface area contributed by atoms with E-state index in [1.165, 1.54) is 18.2 Å². The number of rotatable bonds is 3. The van der Waals surface area contributed by atoms with Crippen LogP contribution in [0.1, 0.15) is 23.2 Å². The third kappa shape index (κ3) is 3.42. The molecule has 1 saturated heterocycles. The highest BCUT2D eigenvalue weighted by molar-refractivity contribution is 6.31. The van der Waals surface area contributed by atoms with Crippen molar-refractivity contribution >= 4 is 23.2 Å². The summed E-state index contributed by atoms with van der Waals surface area (Å²) < 4.78 is 0. The van der Waals surface area contributed by atoms with Gasteiger partial charge in [0, 0.05) is 23.7 Å². The van der Waals surface area contributed by atoms with Gasteiger partial charge < -0.3 is 10.6 Å². The standard InChI is InChI=1S/C12H14ClN3O3/c13-8-3-4-11(16(18)19)10(6-8)12(17)15-9-2-1-5-14-7-9/h3-4,6,9,14H,1-2,5,7H2,(H,15,17). The molecule has 1 aromatic carbocycles. The van der Waals surface area contributed by atoms with Crippen LogP contribution in [0.15, 0.2) is 18.2 Å². The minimum absolute atomic E-state index is 0.000152. The monoisotopic (exact) mass is 283 g/mol. The summed E-state index contributed by atoms with van der Waals surface area (Å²) in [6.07, 6.45) is 1.84. The molecule has 2 N–H and O–H groups in total. The van der Waals surface area contributed by atoms with E-state index in [2.05, 4.69) is 10.6 Å². The van der Waals surface area contributed by atoms with Crippen molar-refractivity contribution in [3.05, 3.63) is 38.9 Å². The summed E-state index contributed by atoms with van der Waals surface area (Å²) in [5.41, 5.74) is -0.228. The largest absolute Gasteiger partial charge is 0.348 e. The van der Waals surface area contributed by atoms with Crippen molar-refractivity contribution in [1.29, 1.82) is 0 Å². The van der Waals surface area contributed by atoms with E-state index in [0.29, 0.717) is 11.6 Å². The van der Waals surface area contributed by atoms with E-state index in [-0.39, 0.29) is 17.3 Å². The zero-order chi connectivity index (χ0) is 13.8. The highest BCUT2D eigenvalue weighted by Crippen LogP contribution is 2.22. The number of carbonyl (C=O) groups excluding carboxylic acids is 1. The number of piperidine rings is 1. The summed E-state index contributed by atoms with van der Waals surface area (Å²) in [4.78, 5) is 22.4. The summed E-state index contributed by atoms with van der Waals surface area (Å²) in [6, 6.07) is 3.97. The van der Waals surface area contributed by atoms with Crippen molar-refractivity contribution in [1.82, 2.24) is 10.6 Å². The van der Waals surface area contributed by atoms with Crippen LogP contribution in [0.2, 0.25) is 5.02 Å². The zero-order valence-corrected chi connectivity index (χ0v) is 10.9. The molecular weight excluding hydrogens is 270 g/mol. The molecular formula is C12H14ClN3O3. The molecule has 0 bridgehead atoms. The van der Waals surface area contributed by atoms with Crippen LogP contribution < -0.4 is 10.6 Å². The Hall–Kier alpha value is -1.66. The molecule has 1 atom stereocenters. The second-order valence-corrected chi connectivity index (χ2v) is 4.87. The molecule has 0 aromatic heterocycles. The molecule has 1 aliphatic heterocycles. The average Bonchev–Trinajstić information content (AvgIpc) is 2.39. The number of halogens is 1. The van der Waals surface area contributed by atoms with Gasteiger partial charge in [0.25, 0.3) is 11.6 Å². The maximum absolute atomic E-state index is 12.1. The third-order valence-corrected chi connectivity index (χ3v) is 3.27. The molecule has 1 amide bonds. The molecule has 0 saturated carbocycles. The highest BCUT2D eigenvalue weighted by atomic mass is 35.5. The van der Waals surface area contributed by atoms with Crippen LogP contribution in [0.5, 0.6) is 0 Å². The normalized spacial score (nSPS) is 18.9. The van der Waals surface area contributed by atoms with Gasteiger partial charge in [0.2, 0.25) is 0 Å². The Balaban J connectivity index is 2.17. The van der Waals surface area contributed by atoms with Crippen molar-refractivity contribution in [3.63, 3.8) is 0 Å². The Morgan fingerprint density at radius 2 is 2.32 bits per heavy atom. The van der Waals surface area contributed by atoms with Gasteiger partial charge in [-0.1, -0.05) is 11.6 Å². The van der Waals surface area contributed by atoms with Gasteiger partial charge in [0.15, 0.2) is 0 Å². The van der Waals surface area contributed by atoms with Crippen LogP contribution in [0.3, 0.4) is 0 Å². The van der Waals surface area contributed by atoms with Gasteiger partial charge in [-0.2, -0.15) is 0 Å². The van der Waals surface area contributed by atoms with Gasteiger partial charge in [0.1, 0.15) is 5.56 Å². The third-order valence-electron chi connectivity index (χ3n) is 3.03. The lowest BCUT2D eigenvalue weighted by atomic mass is 10.1. The van der Waals surface area contributed by atoms with E-state index in [4.69, 9.17) is 11.6 Å². The number of benzene rings is 1. The van der Waals surface area contributed by atoms with Crippen molar-refractivity contribution in [2.75, 3.05) is 13.1 Å². The first-order chi connectivity index (χ1) is 9.08. The Morgan fingerprint density at radius 1 is 1.53 bits per heavy atom. The fraction of sp³-hybridized carbons (Fsp3) is 0.417. The minimum Gasteiger partial charge on any atom is -0.348 e. The first-order valence-corrected chi connectivity index (χ1v) is 6.41. The van der Waals surface area contributed by atoms with E-state index in [0.717, 1.165) is 19.4 Å². The fourth-order valence-corrected chi connectivity index (χ4v) is 2.26. The van der Waals surface area contributed by atoms with E-state index >= 15 is 0 Å². The number of amides is 1. The number of hydrogen-bond acceptors (Lipinski definition) is 4. The first kappa shape index (κ1) is 13.8. The molecule has 19 heavy (non-hydrogen) atoms. The Kier molecular flexibility index (Phi) is 4.34. The van der Waals surface area contributed by atoms with E-state index in [9.17, 15) is 14.9 Å². The summed E-state index contributed by atoms with van der Waals surface area (Å²) in [5, 5.41) is 17.2. The number of nitrogens with zero attached hydrogens (tertiary/aromatic N) is 1. The lowest BCUT2D eigenvalue weighted by molar-refractivity contribution is -0.385. The lowest BCUT2D eigenvalue weighted by Gasteiger charge is -2.23. The summed E-state index contributed by atoms with van der Waals surface area (Å²) in [7, 11) is 0. The zero-order valence-electron chi connectivity index (χ0n) is 10.2. The van der Waals surface area contributed by atoms with Gasteiger partial charge in [-0.3, -0.25) is 14.9 Å². The molecule has 1 heterocycles. The number of nitro groups is 1. The van der Waals surface area contributed by atoms with Crippen molar-refractivity contribution in [2.45, 2.75) is 18.9 Å². The van der Waals surface area contributed by atoms with Gasteiger partial charge in [0.05, 0.1) is 4.92 Å². The predicted octanol–water partition coefficient (Wildman–Crippen LogP) is 1.73. The molecule has 2 rings (SSSR count). The quantitative estimate of drug-likeness (QED) is 0.653. The summed E-state index contributed by atoms with van der Waals surface area (Å²) >= 11 is 5.79. The average molecular weight is 284 g/mol. The Morgan fingerprint density at radius 3 is 2.95 bits per heavy atom. The summed E-state index contributed by atoms with van der Waals surface area (Å²) in [5.74, 6) is -0.456. The maximum Gasteiger partial charge on any atom is 0.282 e. The molecule has 1 unspecified atom stereocenters. The van der Waals surface area contributed by atoms with Gasteiger partial charge >= 0.3 is 0 Å². The van der Waals surface area contributed by atoms with E-state index in [1.54, 1.807) is 0 Å². The summed E-state index contributed by atoms with van der Waals surface area (Å²) in [6.45, 7) is 1.61. The second-order valence-electron chi connectivity index (χ2n) is 4.44. The van der Waals surface area contributed by atoms with Gasteiger partial charge in [-0.15, -0.1) is 0 Å². The molecule has 0 aliphatic carbocycles. The molecule has 102 valence electrons. The first-order valence-electron chi connectivity index (χ1n) is 6.03. The van der Waals surface area contributed by atoms with Gasteiger partial charge in [-0.05, 0) is 31.5 Å². The van der Waals surface area contributed by atoms with Crippen LogP contribution in [-0.2, 0) is 0 Å². The Bertz CT molecular complexity index is 501. The molecule has 6 nitrogen and oxygen atoms in total. The SMILES string of the molecule is O=C(NC1CCCNC1)c1cc(Cl)ccc1[N+](=O)[O-]. The van der Waals surface area contributed by atoms with E-state index < -0.39 is 10.8 Å². The van der Waals surface area contributed by atoms with Gasteiger partial charge in [-0.25, -0.2) is 0 Å². The van der Waals surface area contributed by atoms with Crippen molar-refractivity contribution < 1.29 is 9.72 Å². The number of hydrogen-bond donors (Lipinski definition) is 2. The molecule has 1 aliphatic rings. The number of nitro benzene ring substituents is 1. The van der Waals surface area contributed by atoms with Crippen LogP contribution in [0, 0.1) is 10.1 Å². The molecule has 0 spiro atoms. The molecule has 1 aromatic rings. The molecule has 7 heteroatoms. The van der Waals surface area contributed by atoms with Crippen LogP contribution >= 0.6 is 11.6 Å². The number of nitrogens with one attached hydrogen (secondary N) is 2. The highest BCUT2D eigenvalue weighted by Gasteiger charge is 2.23. The smallest absolute Gasteiger partial charge is 0.282 e. The van der Waals surface area contributed by atoms with Crippen LogP contribution in [-0.4, -0.2) is 30.0 Å². The van der Waals surface area contributed by atoms with Crippen LogP contribution in [0.4, 0.5) is 5.69 Å². The predicted molar refractivity (Wildman–Crippen MR) is 71.5 cm³/mol. The maximum atomic E-state index is 12.1. The Labute approximate surface area is 115 Å². The van der Waals surface area contributed by atoms with Crippen molar-refractivity contribution in [3.8, 4) is 0 Å². The van der Waals surface area contributed by atoms with Crippen LogP contribution in [0.25, 0.3) is 0 Å². The minimum atomic E-state index is -0.579. The molecule has 1 fully saturated rings.